The lowest BCUT2D eigenvalue weighted by Gasteiger charge is -2.18. The minimum atomic E-state index is -0.783. The predicted molar refractivity (Wildman–Crippen MR) is 74.3 cm³/mol. The van der Waals surface area contributed by atoms with E-state index in [1.54, 1.807) is 6.07 Å². The van der Waals surface area contributed by atoms with Gasteiger partial charge < -0.3 is 11.1 Å². The number of anilines is 2. The molecule has 0 saturated heterocycles. The van der Waals surface area contributed by atoms with Crippen molar-refractivity contribution in [2.75, 3.05) is 11.1 Å². The Morgan fingerprint density at radius 1 is 1.21 bits per heavy atom. The number of benzene rings is 2. The zero-order chi connectivity index (χ0) is 14.0. The van der Waals surface area contributed by atoms with Crippen LogP contribution in [-0.4, -0.2) is 0 Å². The van der Waals surface area contributed by atoms with Gasteiger partial charge in [-0.3, -0.25) is 0 Å². The standard InChI is InChI=1S/C14H13ClF2N2/c1-8(10-4-2-3-5-11(10)15)19-13-7-9(16)6-12(17)14(13)18/h2-8,19H,18H2,1H3. The number of nitrogens with two attached hydrogens (primary N) is 1. The van der Waals surface area contributed by atoms with Crippen molar-refractivity contribution in [2.45, 2.75) is 13.0 Å². The van der Waals surface area contributed by atoms with Crippen molar-refractivity contribution in [2.24, 2.45) is 0 Å². The highest BCUT2D eigenvalue weighted by atomic mass is 35.5. The van der Waals surface area contributed by atoms with E-state index in [0.717, 1.165) is 17.7 Å². The third-order valence-corrected chi connectivity index (χ3v) is 3.18. The van der Waals surface area contributed by atoms with Crippen LogP contribution >= 0.6 is 11.6 Å². The maximum atomic E-state index is 13.3. The van der Waals surface area contributed by atoms with Crippen LogP contribution in [0.25, 0.3) is 0 Å². The van der Waals surface area contributed by atoms with Gasteiger partial charge in [-0.25, -0.2) is 8.78 Å². The molecule has 100 valence electrons. The largest absolute Gasteiger partial charge is 0.395 e. The quantitative estimate of drug-likeness (QED) is 0.820. The lowest BCUT2D eigenvalue weighted by molar-refractivity contribution is 0.586. The Balaban J connectivity index is 2.29. The van der Waals surface area contributed by atoms with Crippen molar-refractivity contribution in [1.29, 1.82) is 0 Å². The van der Waals surface area contributed by atoms with Gasteiger partial charge in [0.05, 0.1) is 17.4 Å². The van der Waals surface area contributed by atoms with Crippen LogP contribution in [0.5, 0.6) is 0 Å². The first-order valence-corrected chi connectivity index (χ1v) is 6.12. The van der Waals surface area contributed by atoms with Crippen molar-refractivity contribution in [3.8, 4) is 0 Å². The average molecular weight is 283 g/mol. The van der Waals surface area contributed by atoms with Gasteiger partial charge >= 0.3 is 0 Å². The van der Waals surface area contributed by atoms with Crippen LogP contribution in [0.1, 0.15) is 18.5 Å². The number of hydrogen-bond acceptors (Lipinski definition) is 2. The van der Waals surface area contributed by atoms with E-state index >= 15 is 0 Å². The van der Waals surface area contributed by atoms with Crippen LogP contribution in [0, 0.1) is 11.6 Å². The normalized spacial score (nSPS) is 12.2. The first-order valence-electron chi connectivity index (χ1n) is 5.74. The Hall–Kier alpha value is -1.81. The number of nitrogens with one attached hydrogen (secondary N) is 1. The highest BCUT2D eigenvalue weighted by molar-refractivity contribution is 6.31. The van der Waals surface area contributed by atoms with E-state index in [4.69, 9.17) is 17.3 Å². The number of halogens is 3. The maximum absolute atomic E-state index is 13.3. The molecule has 2 aromatic carbocycles. The number of rotatable bonds is 3. The summed E-state index contributed by atoms with van der Waals surface area (Å²) in [5, 5.41) is 3.54. The summed E-state index contributed by atoms with van der Waals surface area (Å²) >= 11 is 6.07. The summed E-state index contributed by atoms with van der Waals surface area (Å²) in [5.74, 6) is -1.46. The molecule has 19 heavy (non-hydrogen) atoms. The van der Waals surface area contributed by atoms with Gasteiger partial charge in [-0.15, -0.1) is 0 Å². The molecule has 2 rings (SSSR count). The predicted octanol–water partition coefficient (Wildman–Crippen LogP) is 4.37. The molecular weight excluding hydrogens is 270 g/mol. The van der Waals surface area contributed by atoms with Crippen LogP contribution in [0.4, 0.5) is 20.2 Å². The fourth-order valence-electron chi connectivity index (χ4n) is 1.84. The molecule has 0 spiro atoms. The highest BCUT2D eigenvalue weighted by Crippen LogP contribution is 2.30. The van der Waals surface area contributed by atoms with Crippen molar-refractivity contribution >= 4 is 23.0 Å². The summed E-state index contributed by atoms with van der Waals surface area (Å²) in [6.45, 7) is 1.84. The van der Waals surface area contributed by atoms with Gasteiger partial charge in [0.25, 0.3) is 0 Å². The van der Waals surface area contributed by atoms with Gasteiger partial charge in [-0.1, -0.05) is 29.8 Å². The van der Waals surface area contributed by atoms with Crippen molar-refractivity contribution in [3.05, 3.63) is 58.6 Å². The molecule has 2 aromatic rings. The molecule has 1 unspecified atom stereocenters. The number of nitrogen functional groups attached to an aromatic ring is 1. The molecule has 0 aliphatic carbocycles. The molecule has 0 radical (unpaired) electrons. The monoisotopic (exact) mass is 282 g/mol. The van der Waals surface area contributed by atoms with E-state index in [2.05, 4.69) is 5.32 Å². The lowest BCUT2D eigenvalue weighted by Crippen LogP contribution is -2.10. The molecule has 1 atom stereocenters. The fourth-order valence-corrected chi connectivity index (χ4v) is 2.14. The van der Waals surface area contributed by atoms with E-state index in [0.29, 0.717) is 5.02 Å². The van der Waals surface area contributed by atoms with Crippen molar-refractivity contribution < 1.29 is 8.78 Å². The Morgan fingerprint density at radius 2 is 1.89 bits per heavy atom. The summed E-state index contributed by atoms with van der Waals surface area (Å²) in [5.41, 5.74) is 6.51. The van der Waals surface area contributed by atoms with E-state index in [1.165, 1.54) is 0 Å². The molecule has 0 saturated carbocycles. The van der Waals surface area contributed by atoms with E-state index in [9.17, 15) is 8.78 Å². The molecule has 0 aromatic heterocycles. The van der Waals surface area contributed by atoms with Gasteiger partial charge in [0.15, 0.2) is 5.82 Å². The average Bonchev–Trinajstić information content (AvgIpc) is 2.35. The van der Waals surface area contributed by atoms with Crippen LogP contribution in [0.3, 0.4) is 0 Å². The summed E-state index contributed by atoms with van der Waals surface area (Å²) < 4.78 is 26.5. The summed E-state index contributed by atoms with van der Waals surface area (Å²) in [7, 11) is 0. The first-order chi connectivity index (χ1) is 8.99. The minimum absolute atomic E-state index is 0.111. The second-order valence-electron chi connectivity index (χ2n) is 4.24. The summed E-state index contributed by atoms with van der Waals surface area (Å²) in [6.07, 6.45) is 0. The van der Waals surface area contributed by atoms with Crippen molar-refractivity contribution in [1.82, 2.24) is 0 Å². The Bertz CT molecular complexity index is 602. The Kier molecular flexibility index (Phi) is 3.90. The topological polar surface area (TPSA) is 38.0 Å². The molecule has 3 N–H and O–H groups in total. The van der Waals surface area contributed by atoms with Gasteiger partial charge in [0, 0.05) is 11.1 Å². The van der Waals surface area contributed by atoms with Crippen LogP contribution < -0.4 is 11.1 Å². The highest BCUT2D eigenvalue weighted by Gasteiger charge is 2.13. The second-order valence-corrected chi connectivity index (χ2v) is 4.64. The Labute approximate surface area is 115 Å². The zero-order valence-corrected chi connectivity index (χ0v) is 11.0. The third-order valence-electron chi connectivity index (χ3n) is 2.84. The van der Waals surface area contributed by atoms with Gasteiger partial charge in [-0.2, -0.15) is 0 Å². The molecule has 0 bridgehead atoms. The SMILES string of the molecule is CC(Nc1cc(F)cc(F)c1N)c1ccccc1Cl. The zero-order valence-electron chi connectivity index (χ0n) is 10.3. The maximum Gasteiger partial charge on any atom is 0.151 e. The smallest absolute Gasteiger partial charge is 0.151 e. The van der Waals surface area contributed by atoms with Crippen LogP contribution in [-0.2, 0) is 0 Å². The second kappa shape index (κ2) is 5.45. The molecule has 0 aliphatic rings. The summed E-state index contributed by atoms with van der Waals surface area (Å²) in [6, 6.07) is 8.93. The van der Waals surface area contributed by atoms with Gasteiger partial charge in [-0.05, 0) is 24.6 Å². The summed E-state index contributed by atoms with van der Waals surface area (Å²) in [4.78, 5) is 0. The van der Waals surface area contributed by atoms with E-state index in [1.807, 2.05) is 25.1 Å². The van der Waals surface area contributed by atoms with Gasteiger partial charge in [0.1, 0.15) is 5.82 Å². The van der Waals surface area contributed by atoms with E-state index < -0.39 is 11.6 Å². The molecule has 2 nitrogen and oxygen atoms in total. The minimum Gasteiger partial charge on any atom is -0.395 e. The van der Waals surface area contributed by atoms with Crippen molar-refractivity contribution in [3.63, 3.8) is 0 Å². The fraction of sp³-hybridized carbons (Fsp3) is 0.143. The molecular formula is C14H13ClF2N2. The van der Waals surface area contributed by atoms with Gasteiger partial charge in [0.2, 0.25) is 0 Å². The van der Waals surface area contributed by atoms with E-state index in [-0.39, 0.29) is 17.4 Å². The third kappa shape index (κ3) is 2.96. The molecule has 0 fully saturated rings. The van der Waals surface area contributed by atoms with Crippen LogP contribution in [0.15, 0.2) is 36.4 Å². The Morgan fingerprint density at radius 3 is 2.58 bits per heavy atom. The van der Waals surface area contributed by atoms with Crippen LogP contribution in [0.2, 0.25) is 5.02 Å². The molecule has 0 aliphatic heterocycles. The lowest BCUT2D eigenvalue weighted by atomic mass is 10.1. The number of hydrogen-bond donors (Lipinski definition) is 2. The molecule has 0 amide bonds. The first kappa shape index (κ1) is 13.6. The molecule has 0 heterocycles. The molecule has 5 heteroatoms.